The van der Waals surface area contributed by atoms with Crippen LogP contribution in [-0.4, -0.2) is 37.2 Å². The predicted octanol–water partition coefficient (Wildman–Crippen LogP) is 3.52. The van der Waals surface area contributed by atoms with E-state index >= 15 is 0 Å². The summed E-state index contributed by atoms with van der Waals surface area (Å²) in [7, 11) is 0. The summed E-state index contributed by atoms with van der Waals surface area (Å²) in [6.07, 6.45) is 2.10. The molecule has 1 saturated heterocycles. The van der Waals surface area contributed by atoms with Gasteiger partial charge in [-0.05, 0) is 62.8 Å². The van der Waals surface area contributed by atoms with Crippen molar-refractivity contribution in [3.8, 4) is 0 Å². The number of anilines is 1. The van der Waals surface area contributed by atoms with Crippen molar-refractivity contribution >= 4 is 17.6 Å². The summed E-state index contributed by atoms with van der Waals surface area (Å²) in [6.45, 7) is 11.1. The molecule has 144 valence electrons. The quantitative estimate of drug-likeness (QED) is 0.728. The lowest BCUT2D eigenvalue weighted by Gasteiger charge is -2.28. The van der Waals surface area contributed by atoms with Crippen LogP contribution in [0.5, 0.6) is 0 Å². The number of rotatable bonds is 6. The maximum absolute atomic E-state index is 12.1. The summed E-state index contributed by atoms with van der Waals surface area (Å²) >= 11 is 0. The molecular weight excluding hydrogens is 330 g/mol. The first-order valence-electron chi connectivity index (χ1n) is 9.41. The van der Waals surface area contributed by atoms with Crippen LogP contribution in [0.25, 0.3) is 0 Å². The van der Waals surface area contributed by atoms with Gasteiger partial charge in [-0.15, -0.1) is 0 Å². The van der Waals surface area contributed by atoms with Gasteiger partial charge in [-0.2, -0.15) is 0 Å². The van der Waals surface area contributed by atoms with Crippen molar-refractivity contribution < 1.29 is 19.1 Å². The summed E-state index contributed by atoms with van der Waals surface area (Å²) in [4.78, 5) is 26.0. The first-order chi connectivity index (χ1) is 12.2. The monoisotopic (exact) mass is 361 g/mol. The number of hydrogen-bond acceptors (Lipinski definition) is 4. The van der Waals surface area contributed by atoms with Crippen molar-refractivity contribution in [3.63, 3.8) is 0 Å². The fourth-order valence-corrected chi connectivity index (χ4v) is 3.22. The van der Waals surface area contributed by atoms with E-state index < -0.39 is 5.60 Å². The number of amides is 1. The molecule has 0 aliphatic carbocycles. The van der Waals surface area contributed by atoms with E-state index in [1.807, 2.05) is 26.8 Å². The van der Waals surface area contributed by atoms with E-state index in [4.69, 9.17) is 9.47 Å². The highest BCUT2D eigenvalue weighted by Gasteiger charge is 2.22. The van der Waals surface area contributed by atoms with E-state index in [0.29, 0.717) is 19.6 Å². The summed E-state index contributed by atoms with van der Waals surface area (Å²) in [5.41, 5.74) is 2.91. The Morgan fingerprint density at radius 2 is 2.04 bits per heavy atom. The van der Waals surface area contributed by atoms with Crippen LogP contribution in [0.1, 0.15) is 52.2 Å². The molecule has 1 unspecified atom stereocenters. The lowest BCUT2D eigenvalue weighted by Crippen LogP contribution is -2.41. The van der Waals surface area contributed by atoms with Crippen LogP contribution in [0.2, 0.25) is 0 Å². The number of carbonyl (C=O) groups excluding carboxylic acids is 2. The van der Waals surface area contributed by atoms with Crippen LogP contribution in [-0.2, 0) is 31.9 Å². The zero-order valence-electron chi connectivity index (χ0n) is 16.6. The van der Waals surface area contributed by atoms with Gasteiger partial charge in [0.05, 0.1) is 6.61 Å². The third-order valence-corrected chi connectivity index (χ3v) is 4.37. The van der Waals surface area contributed by atoms with Crippen LogP contribution in [0.3, 0.4) is 0 Å². The average molecular weight is 361 g/mol. The van der Waals surface area contributed by atoms with E-state index in [2.05, 4.69) is 26.0 Å². The van der Waals surface area contributed by atoms with Gasteiger partial charge in [0, 0.05) is 18.7 Å². The number of hydrogen-bond donors (Lipinski definition) is 0. The number of nitrogens with zero attached hydrogens (tertiary/aromatic N) is 1. The minimum atomic E-state index is -0.456. The van der Waals surface area contributed by atoms with Crippen molar-refractivity contribution in [1.29, 1.82) is 0 Å². The number of aryl methyl sites for hydroxylation is 1. The lowest BCUT2D eigenvalue weighted by molar-refractivity contribution is -0.155. The minimum absolute atomic E-state index is 0.00625. The van der Waals surface area contributed by atoms with Gasteiger partial charge in [0.1, 0.15) is 12.2 Å². The Balaban J connectivity index is 2.10. The Morgan fingerprint density at radius 1 is 1.31 bits per heavy atom. The number of benzene rings is 1. The fourth-order valence-electron chi connectivity index (χ4n) is 3.22. The molecule has 0 bridgehead atoms. The van der Waals surface area contributed by atoms with Crippen LogP contribution in [0, 0.1) is 5.92 Å². The predicted molar refractivity (Wildman–Crippen MR) is 102 cm³/mol. The molecule has 1 atom stereocenters. The molecular formula is C21H31NO4. The SMILES string of the molecule is CCc1ccc(N2CCOCC2=O)cc1CC(C)CC(=O)OC(C)(C)C. The molecule has 0 aromatic heterocycles. The van der Waals surface area contributed by atoms with E-state index in [0.717, 1.165) is 18.5 Å². The molecule has 0 saturated carbocycles. The van der Waals surface area contributed by atoms with Crippen LogP contribution in [0.4, 0.5) is 5.69 Å². The molecule has 0 radical (unpaired) electrons. The van der Waals surface area contributed by atoms with Crippen LogP contribution >= 0.6 is 0 Å². The van der Waals surface area contributed by atoms with Gasteiger partial charge in [0.15, 0.2) is 0 Å². The Bertz CT molecular complexity index is 648. The van der Waals surface area contributed by atoms with Gasteiger partial charge in [0.25, 0.3) is 5.91 Å². The molecule has 1 aromatic rings. The molecule has 0 N–H and O–H groups in total. The molecule has 1 fully saturated rings. The standard InChI is InChI=1S/C21H31NO4/c1-6-16-7-8-18(22-9-10-25-14-19(22)23)13-17(16)11-15(2)12-20(24)26-21(3,4)5/h7-8,13,15H,6,9-12,14H2,1-5H3. The van der Waals surface area contributed by atoms with E-state index in [1.165, 1.54) is 11.1 Å². The molecule has 1 aliphatic rings. The highest BCUT2D eigenvalue weighted by atomic mass is 16.6. The second-order valence-corrected chi connectivity index (χ2v) is 8.00. The van der Waals surface area contributed by atoms with E-state index in [-0.39, 0.29) is 24.4 Å². The van der Waals surface area contributed by atoms with Crippen LogP contribution < -0.4 is 4.90 Å². The lowest BCUT2D eigenvalue weighted by atomic mass is 9.93. The van der Waals surface area contributed by atoms with Crippen molar-refractivity contribution in [1.82, 2.24) is 0 Å². The van der Waals surface area contributed by atoms with Crippen molar-refractivity contribution in [3.05, 3.63) is 29.3 Å². The first-order valence-corrected chi connectivity index (χ1v) is 9.41. The summed E-state index contributed by atoms with van der Waals surface area (Å²) in [5.74, 6) is 0.00148. The topological polar surface area (TPSA) is 55.8 Å². The highest BCUT2D eigenvalue weighted by Crippen LogP contribution is 2.25. The number of esters is 1. The van der Waals surface area contributed by atoms with Crippen LogP contribution in [0.15, 0.2) is 18.2 Å². The molecule has 0 spiro atoms. The molecule has 5 heteroatoms. The molecule has 5 nitrogen and oxygen atoms in total. The van der Waals surface area contributed by atoms with Crippen molar-refractivity contribution in [2.75, 3.05) is 24.7 Å². The summed E-state index contributed by atoms with van der Waals surface area (Å²) in [6, 6.07) is 6.19. The number of ether oxygens (including phenoxy) is 2. The van der Waals surface area contributed by atoms with Gasteiger partial charge < -0.3 is 14.4 Å². The summed E-state index contributed by atoms with van der Waals surface area (Å²) < 4.78 is 10.6. The molecule has 26 heavy (non-hydrogen) atoms. The van der Waals surface area contributed by atoms with Gasteiger partial charge >= 0.3 is 5.97 Å². The van der Waals surface area contributed by atoms with Crippen molar-refractivity contribution in [2.24, 2.45) is 5.92 Å². The van der Waals surface area contributed by atoms with E-state index in [9.17, 15) is 9.59 Å². The fraction of sp³-hybridized carbons (Fsp3) is 0.619. The Morgan fingerprint density at radius 3 is 2.65 bits per heavy atom. The average Bonchev–Trinajstić information content (AvgIpc) is 2.53. The number of morpholine rings is 1. The normalized spacial score (nSPS) is 16.5. The van der Waals surface area contributed by atoms with Gasteiger partial charge in [-0.25, -0.2) is 0 Å². The maximum Gasteiger partial charge on any atom is 0.306 e. The first kappa shape index (κ1) is 20.4. The third kappa shape index (κ3) is 5.84. The maximum atomic E-state index is 12.1. The van der Waals surface area contributed by atoms with Gasteiger partial charge in [-0.1, -0.05) is 19.9 Å². The third-order valence-electron chi connectivity index (χ3n) is 4.37. The highest BCUT2D eigenvalue weighted by molar-refractivity contribution is 5.95. The second-order valence-electron chi connectivity index (χ2n) is 8.00. The van der Waals surface area contributed by atoms with Gasteiger partial charge in [0.2, 0.25) is 0 Å². The molecule has 1 aromatic carbocycles. The van der Waals surface area contributed by atoms with Crippen molar-refractivity contribution in [2.45, 2.75) is 59.5 Å². The molecule has 1 amide bonds. The second kappa shape index (κ2) is 8.67. The largest absolute Gasteiger partial charge is 0.460 e. The van der Waals surface area contributed by atoms with Gasteiger partial charge in [-0.3, -0.25) is 9.59 Å². The molecule has 2 rings (SSSR count). The Hall–Kier alpha value is -1.88. The smallest absolute Gasteiger partial charge is 0.306 e. The minimum Gasteiger partial charge on any atom is -0.460 e. The Labute approximate surface area is 156 Å². The van der Waals surface area contributed by atoms with E-state index in [1.54, 1.807) is 4.90 Å². The Kier molecular flexibility index (Phi) is 6.81. The summed E-state index contributed by atoms with van der Waals surface area (Å²) in [5, 5.41) is 0. The number of carbonyl (C=O) groups is 2. The molecule has 1 heterocycles. The zero-order chi connectivity index (χ0) is 19.3. The molecule has 1 aliphatic heterocycles. The zero-order valence-corrected chi connectivity index (χ0v) is 16.6.